The first-order chi connectivity index (χ1) is 13.2. The largest absolute Gasteiger partial charge is 0.339 e. The van der Waals surface area contributed by atoms with E-state index in [0.717, 1.165) is 0 Å². The first kappa shape index (κ1) is 20.3. The Morgan fingerprint density at radius 3 is 1.96 bits per heavy atom. The zero-order valence-electron chi connectivity index (χ0n) is 15.0. The summed E-state index contributed by atoms with van der Waals surface area (Å²) in [5.41, 5.74) is 1.27. The number of rotatable bonds is 4. The zero-order valence-corrected chi connectivity index (χ0v) is 16.6. The predicted molar refractivity (Wildman–Crippen MR) is 105 cm³/mol. The van der Waals surface area contributed by atoms with Crippen LogP contribution in [0.15, 0.2) is 53.4 Å². The molecule has 28 heavy (non-hydrogen) atoms. The summed E-state index contributed by atoms with van der Waals surface area (Å²) in [6, 6.07) is 12.7. The molecule has 148 valence electrons. The number of hydrogen-bond acceptors (Lipinski definition) is 4. The van der Waals surface area contributed by atoms with E-state index in [1.54, 1.807) is 46.2 Å². The molecule has 7 nitrogen and oxygen atoms in total. The predicted octanol–water partition coefficient (Wildman–Crippen LogP) is 1.51. The molecular formula is C19H20ClN3O4S. The van der Waals surface area contributed by atoms with E-state index in [2.05, 4.69) is 0 Å². The fourth-order valence-electron chi connectivity index (χ4n) is 3.02. The number of carbonyl (C=O) groups excluding carboxylic acids is 2. The van der Waals surface area contributed by atoms with Crippen molar-refractivity contribution in [3.63, 3.8) is 0 Å². The topological polar surface area (TPSA) is 101 Å². The molecule has 0 aromatic heterocycles. The zero-order chi connectivity index (χ0) is 20.3. The van der Waals surface area contributed by atoms with Crippen molar-refractivity contribution in [2.45, 2.75) is 11.3 Å². The summed E-state index contributed by atoms with van der Waals surface area (Å²) in [6.45, 7) is 1.82. The maximum Gasteiger partial charge on any atom is 0.253 e. The smallest absolute Gasteiger partial charge is 0.253 e. The average Bonchev–Trinajstić information content (AvgIpc) is 2.68. The van der Waals surface area contributed by atoms with Gasteiger partial charge in [-0.1, -0.05) is 23.7 Å². The van der Waals surface area contributed by atoms with Gasteiger partial charge < -0.3 is 9.80 Å². The third-order valence-electron chi connectivity index (χ3n) is 4.62. The number of nitrogens with zero attached hydrogens (tertiary/aromatic N) is 2. The number of sulfonamides is 1. The molecule has 0 atom stereocenters. The Balaban J connectivity index is 1.55. The minimum Gasteiger partial charge on any atom is -0.339 e. The van der Waals surface area contributed by atoms with E-state index in [-0.39, 0.29) is 23.1 Å². The average molecular weight is 422 g/mol. The Bertz CT molecular complexity index is 967. The molecule has 0 saturated carbocycles. The Kier molecular flexibility index (Phi) is 6.02. The van der Waals surface area contributed by atoms with Gasteiger partial charge in [0.25, 0.3) is 5.91 Å². The number of benzene rings is 2. The molecule has 2 aromatic carbocycles. The molecule has 9 heteroatoms. The van der Waals surface area contributed by atoms with Crippen LogP contribution in [-0.4, -0.2) is 56.2 Å². The monoisotopic (exact) mass is 421 g/mol. The fraction of sp³-hybridized carbons (Fsp3) is 0.263. The third-order valence-corrected chi connectivity index (χ3v) is 5.80. The lowest BCUT2D eigenvalue weighted by molar-refractivity contribution is -0.131. The molecule has 0 unspecified atom stereocenters. The van der Waals surface area contributed by atoms with Gasteiger partial charge in [-0.3, -0.25) is 9.59 Å². The van der Waals surface area contributed by atoms with Crippen LogP contribution in [0.25, 0.3) is 0 Å². The van der Waals surface area contributed by atoms with Crippen molar-refractivity contribution in [1.29, 1.82) is 0 Å². The van der Waals surface area contributed by atoms with E-state index < -0.39 is 10.0 Å². The standard InChI is InChI=1S/C19H20ClN3O4S/c20-16-5-3-15(4-6-16)19(25)23-11-9-22(10-12-23)18(24)13-14-1-7-17(8-2-14)28(21,26)27/h1-8H,9-13H2,(H2,21,26,27). The minimum absolute atomic E-state index is 0.0121. The van der Waals surface area contributed by atoms with E-state index in [1.165, 1.54) is 12.1 Å². The van der Waals surface area contributed by atoms with Crippen molar-refractivity contribution in [1.82, 2.24) is 9.80 Å². The Morgan fingerprint density at radius 2 is 1.43 bits per heavy atom. The Morgan fingerprint density at radius 1 is 0.893 bits per heavy atom. The normalized spacial score (nSPS) is 14.8. The lowest BCUT2D eigenvalue weighted by atomic mass is 10.1. The van der Waals surface area contributed by atoms with Crippen molar-refractivity contribution < 1.29 is 18.0 Å². The van der Waals surface area contributed by atoms with Gasteiger partial charge in [-0.25, -0.2) is 13.6 Å². The molecule has 3 rings (SSSR count). The summed E-state index contributed by atoms with van der Waals surface area (Å²) in [6.07, 6.45) is 0.163. The molecule has 1 heterocycles. The van der Waals surface area contributed by atoms with Gasteiger partial charge >= 0.3 is 0 Å². The van der Waals surface area contributed by atoms with E-state index in [9.17, 15) is 18.0 Å². The molecule has 0 radical (unpaired) electrons. The number of piperazine rings is 1. The second kappa shape index (κ2) is 8.30. The molecule has 0 spiro atoms. The van der Waals surface area contributed by atoms with Gasteiger partial charge in [0.1, 0.15) is 0 Å². The van der Waals surface area contributed by atoms with Gasteiger partial charge in [-0.05, 0) is 42.0 Å². The first-order valence-corrected chi connectivity index (χ1v) is 10.6. The maximum absolute atomic E-state index is 12.5. The van der Waals surface area contributed by atoms with E-state index >= 15 is 0 Å². The van der Waals surface area contributed by atoms with Gasteiger partial charge in [0.2, 0.25) is 15.9 Å². The van der Waals surface area contributed by atoms with Crippen molar-refractivity contribution in [3.05, 3.63) is 64.7 Å². The van der Waals surface area contributed by atoms with E-state index in [0.29, 0.717) is 42.3 Å². The third kappa shape index (κ3) is 4.89. The lowest BCUT2D eigenvalue weighted by Gasteiger charge is -2.35. The Hall–Kier alpha value is -2.42. The quantitative estimate of drug-likeness (QED) is 0.808. The summed E-state index contributed by atoms with van der Waals surface area (Å²) in [7, 11) is -3.75. The van der Waals surface area contributed by atoms with Crippen molar-refractivity contribution in [2.24, 2.45) is 5.14 Å². The van der Waals surface area contributed by atoms with Crippen LogP contribution in [0.5, 0.6) is 0 Å². The molecule has 2 amide bonds. The highest BCUT2D eigenvalue weighted by Crippen LogP contribution is 2.14. The van der Waals surface area contributed by atoms with Crippen molar-refractivity contribution >= 4 is 33.4 Å². The van der Waals surface area contributed by atoms with Gasteiger partial charge in [0.05, 0.1) is 11.3 Å². The highest BCUT2D eigenvalue weighted by atomic mass is 35.5. The number of amides is 2. The van der Waals surface area contributed by atoms with Crippen molar-refractivity contribution in [3.8, 4) is 0 Å². The maximum atomic E-state index is 12.5. The second-order valence-corrected chi connectivity index (χ2v) is 8.54. The van der Waals surface area contributed by atoms with Gasteiger partial charge in [0, 0.05) is 36.8 Å². The number of carbonyl (C=O) groups is 2. The molecule has 0 bridgehead atoms. The lowest BCUT2D eigenvalue weighted by Crippen LogP contribution is -2.51. The van der Waals surface area contributed by atoms with Crippen LogP contribution >= 0.6 is 11.6 Å². The molecular weight excluding hydrogens is 402 g/mol. The minimum atomic E-state index is -3.75. The van der Waals surface area contributed by atoms with Crippen LogP contribution in [-0.2, 0) is 21.2 Å². The molecule has 1 fully saturated rings. The highest BCUT2D eigenvalue weighted by molar-refractivity contribution is 7.89. The highest BCUT2D eigenvalue weighted by Gasteiger charge is 2.25. The fourth-order valence-corrected chi connectivity index (χ4v) is 3.66. The van der Waals surface area contributed by atoms with Gasteiger partial charge in [0.15, 0.2) is 0 Å². The molecule has 0 aliphatic carbocycles. The summed E-state index contributed by atoms with van der Waals surface area (Å²) in [5, 5.41) is 5.64. The van der Waals surface area contributed by atoms with E-state index in [1.807, 2.05) is 0 Å². The molecule has 2 N–H and O–H groups in total. The number of primary sulfonamides is 1. The number of halogens is 1. The first-order valence-electron chi connectivity index (χ1n) is 8.68. The van der Waals surface area contributed by atoms with Crippen LogP contribution in [0.4, 0.5) is 0 Å². The van der Waals surface area contributed by atoms with Crippen molar-refractivity contribution in [2.75, 3.05) is 26.2 Å². The molecule has 2 aromatic rings. The van der Waals surface area contributed by atoms with Gasteiger partial charge in [-0.2, -0.15) is 0 Å². The summed E-state index contributed by atoms with van der Waals surface area (Å²) in [5.74, 6) is -0.149. The second-order valence-electron chi connectivity index (χ2n) is 6.55. The molecule has 1 aliphatic heterocycles. The summed E-state index contributed by atoms with van der Waals surface area (Å²) in [4.78, 5) is 28.4. The van der Waals surface area contributed by atoms with Crippen LogP contribution in [0.3, 0.4) is 0 Å². The number of nitrogens with two attached hydrogens (primary N) is 1. The SMILES string of the molecule is NS(=O)(=O)c1ccc(CC(=O)N2CCN(C(=O)c3ccc(Cl)cc3)CC2)cc1. The summed E-state index contributed by atoms with van der Waals surface area (Å²) < 4.78 is 22.6. The molecule has 1 aliphatic rings. The number of hydrogen-bond donors (Lipinski definition) is 1. The van der Waals surface area contributed by atoms with E-state index in [4.69, 9.17) is 16.7 Å². The van der Waals surface area contributed by atoms with Crippen LogP contribution in [0.1, 0.15) is 15.9 Å². The molecule has 1 saturated heterocycles. The van der Waals surface area contributed by atoms with Gasteiger partial charge in [-0.15, -0.1) is 0 Å². The van der Waals surface area contributed by atoms with Crippen LogP contribution in [0.2, 0.25) is 5.02 Å². The van der Waals surface area contributed by atoms with Crippen LogP contribution < -0.4 is 5.14 Å². The Labute approximate surface area is 168 Å². The van der Waals surface area contributed by atoms with Crippen LogP contribution in [0, 0.1) is 0 Å². The summed E-state index contributed by atoms with van der Waals surface area (Å²) >= 11 is 5.85.